The van der Waals surface area contributed by atoms with Crippen LogP contribution in [0.15, 0.2) is 170 Å². The maximum atomic E-state index is 12.9. The normalized spacial score (nSPS) is 14.5. The monoisotopic (exact) mass is 1160 g/mol. The molecule has 82 heavy (non-hydrogen) atoms. The molecule has 11 nitrogen and oxygen atoms in total. The van der Waals surface area contributed by atoms with E-state index in [0.29, 0.717) is 25.7 Å². The molecule has 0 fully saturated rings. The van der Waals surface area contributed by atoms with E-state index in [1.807, 2.05) is 12.2 Å². The van der Waals surface area contributed by atoms with Gasteiger partial charge in [-0.15, -0.1) is 0 Å². The second kappa shape index (κ2) is 61.9. The summed E-state index contributed by atoms with van der Waals surface area (Å²) in [6.45, 7) is 4.17. The topological polar surface area (TPSA) is 155 Å². The van der Waals surface area contributed by atoms with Gasteiger partial charge < -0.3 is 24.2 Å². The quantitative estimate of drug-likeness (QED) is 0.0197. The van der Waals surface area contributed by atoms with Gasteiger partial charge in [0.25, 0.3) is 0 Å². The minimum Gasteiger partial charge on any atom is -0.462 e. The average molecular weight is 1160 g/mol. The molecule has 0 aliphatic rings. The van der Waals surface area contributed by atoms with Crippen LogP contribution in [0, 0.1) is 0 Å². The van der Waals surface area contributed by atoms with E-state index in [1.165, 1.54) is 0 Å². The number of rotatable bonds is 55. The minimum atomic E-state index is -4.80. The van der Waals surface area contributed by atoms with Crippen LogP contribution in [-0.4, -0.2) is 66.5 Å². The Balaban J connectivity index is 4.89. The van der Waals surface area contributed by atoms with Gasteiger partial charge in [-0.2, -0.15) is 0 Å². The SMILES string of the molecule is CC/C=C\C/C=C\C/C=C\C/C=C\C/C=C\CCCCCC(=O)OC(COC(=O)CCCCCCCC/C=C\C/C=C\C/C=C\C/C=C\CC)COP(=O)(O)OCC(CO)OC(=O)CCC/C=C\C/C=C\C/C=C\C/C=C\C/C=C\CC. The summed E-state index contributed by atoms with van der Waals surface area (Å²) < 4.78 is 39.5. The van der Waals surface area contributed by atoms with Crippen LogP contribution in [0.3, 0.4) is 0 Å². The fourth-order valence-corrected chi connectivity index (χ4v) is 8.31. The molecular formula is C70H109O11P. The summed E-state index contributed by atoms with van der Waals surface area (Å²) >= 11 is 0. The summed E-state index contributed by atoms with van der Waals surface area (Å²) in [4.78, 5) is 48.7. The van der Waals surface area contributed by atoms with Crippen LogP contribution in [0.4, 0.5) is 0 Å². The summed E-state index contributed by atoms with van der Waals surface area (Å²) in [5.74, 6) is -1.60. The van der Waals surface area contributed by atoms with Crippen molar-refractivity contribution in [1.82, 2.24) is 0 Å². The Kier molecular flexibility index (Phi) is 58.0. The fraction of sp³-hybridized carbons (Fsp3) is 0.557. The van der Waals surface area contributed by atoms with Crippen molar-refractivity contribution >= 4 is 25.7 Å². The van der Waals surface area contributed by atoms with Gasteiger partial charge in [-0.1, -0.05) is 223 Å². The third-order valence-electron chi connectivity index (χ3n) is 12.1. The molecule has 0 spiro atoms. The summed E-state index contributed by atoms with van der Waals surface area (Å²) in [6, 6.07) is 0. The van der Waals surface area contributed by atoms with Gasteiger partial charge in [-0.25, -0.2) is 4.57 Å². The van der Waals surface area contributed by atoms with Crippen molar-refractivity contribution in [1.29, 1.82) is 0 Å². The van der Waals surface area contributed by atoms with Gasteiger partial charge in [0.2, 0.25) is 0 Å². The van der Waals surface area contributed by atoms with Crippen molar-refractivity contribution in [3.63, 3.8) is 0 Å². The Labute approximate surface area is 497 Å². The van der Waals surface area contributed by atoms with E-state index in [1.54, 1.807) is 0 Å². The zero-order chi connectivity index (χ0) is 59.8. The van der Waals surface area contributed by atoms with Crippen LogP contribution in [0.25, 0.3) is 0 Å². The molecular weight excluding hydrogens is 1050 g/mol. The number of esters is 3. The highest BCUT2D eigenvalue weighted by Gasteiger charge is 2.28. The maximum absolute atomic E-state index is 12.9. The molecule has 0 aliphatic heterocycles. The number of phosphoric acid groups is 1. The van der Waals surface area contributed by atoms with Crippen molar-refractivity contribution in [2.45, 2.75) is 226 Å². The molecule has 0 radical (unpaired) electrons. The van der Waals surface area contributed by atoms with E-state index in [4.69, 9.17) is 23.3 Å². The third-order valence-corrected chi connectivity index (χ3v) is 13.1. The van der Waals surface area contributed by atoms with E-state index in [-0.39, 0.29) is 25.9 Å². The summed E-state index contributed by atoms with van der Waals surface area (Å²) in [5.41, 5.74) is 0. The standard InChI is InChI=1S/C70H109O11P/c1-4-7-10-13-16-19-22-25-28-31-33-36-38-41-44-47-50-53-56-59-68(72)77-63-67(81-70(74)61-58-55-52-49-46-43-40-37-34-32-29-26-23-20-17-14-11-8-5-2)65-79-82(75,76)78-64-66(62-71)80-69(73)60-57-54-51-48-45-42-39-35-30-27-24-21-18-15-12-9-6-3/h7-12,16-21,25-30,33-34,36-37,39,42-43,46,48,51,66-67,71H,4-6,13-15,22-24,31-32,35,38,40-41,44-45,47,49-50,52-65H2,1-3H3,(H,75,76)/b10-7-,11-8-,12-9-,19-16-,20-17-,21-18-,28-25-,29-26-,30-27-,36-33-,37-34-,42-39-,46-43-,51-48-. The Hall–Kier alpha value is -5.16. The Morgan fingerprint density at radius 2 is 0.610 bits per heavy atom. The number of aliphatic hydroxyl groups excluding tert-OH is 1. The molecule has 12 heteroatoms. The van der Waals surface area contributed by atoms with Crippen LogP contribution < -0.4 is 0 Å². The average Bonchev–Trinajstić information content (AvgIpc) is 3.50. The summed E-state index contributed by atoms with van der Waals surface area (Å²) in [5, 5.41) is 9.84. The molecule has 0 saturated carbocycles. The zero-order valence-electron chi connectivity index (χ0n) is 50.9. The van der Waals surface area contributed by atoms with Crippen LogP contribution in [0.2, 0.25) is 0 Å². The lowest BCUT2D eigenvalue weighted by Gasteiger charge is -2.21. The molecule has 3 unspecified atom stereocenters. The molecule has 0 bridgehead atoms. The third kappa shape index (κ3) is 59.5. The molecule has 0 aliphatic carbocycles. The van der Waals surface area contributed by atoms with Crippen molar-refractivity contribution in [2.75, 3.05) is 26.4 Å². The Morgan fingerprint density at radius 3 is 0.976 bits per heavy atom. The maximum Gasteiger partial charge on any atom is 0.472 e. The number of carbonyl (C=O) groups excluding carboxylic acids is 3. The lowest BCUT2D eigenvalue weighted by Crippen LogP contribution is -2.30. The Morgan fingerprint density at radius 1 is 0.341 bits per heavy atom. The van der Waals surface area contributed by atoms with Gasteiger partial charge in [0.1, 0.15) is 12.7 Å². The van der Waals surface area contributed by atoms with Gasteiger partial charge in [-0.05, 0) is 141 Å². The van der Waals surface area contributed by atoms with E-state index in [9.17, 15) is 28.9 Å². The predicted molar refractivity (Wildman–Crippen MR) is 343 cm³/mol. The van der Waals surface area contributed by atoms with E-state index >= 15 is 0 Å². The second-order valence-corrected chi connectivity index (χ2v) is 21.2. The zero-order valence-corrected chi connectivity index (χ0v) is 51.8. The van der Waals surface area contributed by atoms with Gasteiger partial charge >= 0.3 is 25.7 Å². The summed E-state index contributed by atoms with van der Waals surface area (Å²) in [6.07, 6.45) is 83.1. The highest BCUT2D eigenvalue weighted by Crippen LogP contribution is 2.43. The molecule has 0 amide bonds. The van der Waals surface area contributed by atoms with Gasteiger partial charge in [-0.3, -0.25) is 23.4 Å². The number of hydrogen-bond donors (Lipinski definition) is 2. The molecule has 0 rings (SSSR count). The van der Waals surface area contributed by atoms with E-state index in [0.717, 1.165) is 148 Å². The number of unbranched alkanes of at least 4 members (excludes halogenated alkanes) is 10. The lowest BCUT2D eigenvalue weighted by molar-refractivity contribution is -0.161. The number of allylic oxidation sites excluding steroid dienone is 28. The van der Waals surface area contributed by atoms with Gasteiger partial charge in [0, 0.05) is 19.3 Å². The lowest BCUT2D eigenvalue weighted by atomic mass is 10.1. The van der Waals surface area contributed by atoms with Crippen molar-refractivity contribution in [3.8, 4) is 0 Å². The molecule has 2 N–H and O–H groups in total. The highest BCUT2D eigenvalue weighted by atomic mass is 31.2. The molecule has 0 aromatic heterocycles. The number of carbonyl (C=O) groups is 3. The van der Waals surface area contributed by atoms with Crippen LogP contribution >= 0.6 is 7.82 Å². The first-order valence-corrected chi connectivity index (χ1v) is 32.5. The number of hydrogen-bond acceptors (Lipinski definition) is 10. The molecule has 3 atom stereocenters. The predicted octanol–water partition coefficient (Wildman–Crippen LogP) is 19.0. The van der Waals surface area contributed by atoms with Crippen molar-refractivity contribution in [3.05, 3.63) is 170 Å². The van der Waals surface area contributed by atoms with Crippen molar-refractivity contribution in [2.24, 2.45) is 0 Å². The highest BCUT2D eigenvalue weighted by molar-refractivity contribution is 7.47. The van der Waals surface area contributed by atoms with E-state index < -0.39 is 57.8 Å². The number of aliphatic hydroxyl groups is 1. The number of phosphoric ester groups is 1. The number of ether oxygens (including phenoxy) is 3. The van der Waals surface area contributed by atoms with Gasteiger partial charge in [0.05, 0.1) is 19.8 Å². The van der Waals surface area contributed by atoms with E-state index in [2.05, 4.69) is 179 Å². The first-order chi connectivity index (χ1) is 40.2. The molecule has 0 heterocycles. The summed E-state index contributed by atoms with van der Waals surface area (Å²) in [7, 11) is -4.80. The molecule has 0 saturated heterocycles. The smallest absolute Gasteiger partial charge is 0.462 e. The van der Waals surface area contributed by atoms with Crippen LogP contribution in [0.5, 0.6) is 0 Å². The van der Waals surface area contributed by atoms with Crippen molar-refractivity contribution < 1.29 is 52.2 Å². The van der Waals surface area contributed by atoms with Crippen LogP contribution in [0.1, 0.15) is 213 Å². The molecule has 460 valence electrons. The molecule has 0 aromatic rings. The Bertz CT molecular complexity index is 2030. The van der Waals surface area contributed by atoms with Gasteiger partial charge in [0.15, 0.2) is 6.10 Å². The molecule has 0 aromatic carbocycles. The fourth-order valence-electron chi connectivity index (χ4n) is 7.53. The largest absolute Gasteiger partial charge is 0.472 e. The second-order valence-electron chi connectivity index (χ2n) is 19.7. The van der Waals surface area contributed by atoms with Crippen LogP contribution in [-0.2, 0) is 42.2 Å². The minimum absolute atomic E-state index is 0.0852. The first-order valence-electron chi connectivity index (χ1n) is 31.0. The first kappa shape index (κ1) is 76.8.